The van der Waals surface area contributed by atoms with Gasteiger partial charge in [0, 0.05) is 53.5 Å². The maximum absolute atomic E-state index is 10.3. The van der Waals surface area contributed by atoms with E-state index in [1.807, 2.05) is 24.4 Å². The van der Waals surface area contributed by atoms with Crippen molar-refractivity contribution in [2.75, 3.05) is 26.4 Å². The Hall–Kier alpha value is -3.30. The van der Waals surface area contributed by atoms with Gasteiger partial charge in [0.25, 0.3) is 0 Å². The van der Waals surface area contributed by atoms with Crippen LogP contribution in [0.5, 0.6) is 5.75 Å². The molecule has 8 nitrogen and oxygen atoms in total. The number of aromatic nitrogens is 3. The minimum absolute atomic E-state index is 0.506. The lowest BCUT2D eigenvalue weighted by Gasteiger charge is -2.20. The number of nitrogens with zero attached hydrogens (tertiary/aromatic N) is 2. The molecule has 2 unspecified atom stereocenters. The van der Waals surface area contributed by atoms with Crippen LogP contribution in [-0.4, -0.2) is 58.7 Å². The first-order chi connectivity index (χ1) is 18.7. The van der Waals surface area contributed by atoms with Gasteiger partial charge in [0.2, 0.25) is 0 Å². The molecule has 8 heteroatoms. The normalized spacial score (nSPS) is 23.3. The highest BCUT2D eigenvalue weighted by atomic mass is 16.5. The molecule has 38 heavy (non-hydrogen) atoms. The summed E-state index contributed by atoms with van der Waals surface area (Å²) >= 11 is 0. The van der Waals surface area contributed by atoms with E-state index in [4.69, 9.17) is 9.47 Å². The molecule has 7 rings (SSSR count). The van der Waals surface area contributed by atoms with Crippen LogP contribution in [-0.2, 0) is 17.6 Å². The lowest BCUT2D eigenvalue weighted by Crippen LogP contribution is -2.38. The molecule has 2 aromatic carbocycles. The van der Waals surface area contributed by atoms with Crippen LogP contribution in [0.25, 0.3) is 33.4 Å². The molecule has 1 saturated heterocycles. The number of fused-ring (bicyclic) bond motifs is 3. The number of hydrogen-bond donors (Lipinski definition) is 4. The van der Waals surface area contributed by atoms with Crippen LogP contribution >= 0.6 is 0 Å². The number of aromatic amines is 1. The third-order valence-electron chi connectivity index (χ3n) is 8.17. The average molecular weight is 512 g/mol. The first-order valence-electron chi connectivity index (χ1n) is 13.7. The Morgan fingerprint density at radius 3 is 2.68 bits per heavy atom. The molecule has 2 aliphatic heterocycles. The number of benzene rings is 2. The summed E-state index contributed by atoms with van der Waals surface area (Å²) in [6, 6.07) is 16.0. The molecule has 0 bridgehead atoms. The van der Waals surface area contributed by atoms with Crippen molar-refractivity contribution >= 4 is 11.0 Å². The lowest BCUT2D eigenvalue weighted by atomic mass is 9.96. The molecule has 1 aliphatic carbocycles. The number of ether oxygens (including phenoxy) is 2. The first kappa shape index (κ1) is 23.8. The van der Waals surface area contributed by atoms with E-state index in [1.54, 1.807) is 0 Å². The van der Waals surface area contributed by atoms with E-state index >= 15 is 0 Å². The predicted molar refractivity (Wildman–Crippen MR) is 146 cm³/mol. The largest absolute Gasteiger partial charge is 0.492 e. The fourth-order valence-corrected chi connectivity index (χ4v) is 6.04. The average Bonchev–Trinajstić information content (AvgIpc) is 3.52. The Morgan fingerprint density at radius 1 is 0.895 bits per heavy atom. The second-order valence-corrected chi connectivity index (χ2v) is 10.6. The molecular weight excluding hydrogens is 478 g/mol. The van der Waals surface area contributed by atoms with Crippen LogP contribution in [0.1, 0.15) is 42.2 Å². The van der Waals surface area contributed by atoms with Gasteiger partial charge in [-0.25, -0.2) is 4.98 Å². The van der Waals surface area contributed by atoms with Gasteiger partial charge in [0.05, 0.1) is 12.3 Å². The molecule has 3 aliphatic rings. The zero-order valence-electron chi connectivity index (χ0n) is 21.4. The first-order valence-corrected chi connectivity index (χ1v) is 13.7. The van der Waals surface area contributed by atoms with Gasteiger partial charge in [-0.05, 0) is 60.9 Å². The summed E-state index contributed by atoms with van der Waals surface area (Å²) in [5.41, 5.74) is 8.43. The molecule has 0 radical (unpaired) electrons. The van der Waals surface area contributed by atoms with Crippen molar-refractivity contribution in [3.63, 3.8) is 0 Å². The van der Waals surface area contributed by atoms with Crippen molar-refractivity contribution in [3.8, 4) is 28.1 Å². The Balaban J connectivity index is 1.16. The summed E-state index contributed by atoms with van der Waals surface area (Å²) in [5.74, 6) is 0.686. The van der Waals surface area contributed by atoms with E-state index in [0.717, 1.165) is 66.7 Å². The molecule has 2 aromatic heterocycles. The molecule has 0 saturated carbocycles. The SMILES string of the molecule is OC1NCCOc2cc(-c3[nH]nc4ncc(-c5ccc6c(c5)CCC(N[C@@H]5CCOC5)CC6)cc34)ccc21. The number of H-pyrrole nitrogens is 1. The van der Waals surface area contributed by atoms with E-state index in [-0.39, 0.29) is 0 Å². The summed E-state index contributed by atoms with van der Waals surface area (Å²) in [5, 5.41) is 25.8. The summed E-state index contributed by atoms with van der Waals surface area (Å²) < 4.78 is 11.4. The minimum Gasteiger partial charge on any atom is -0.492 e. The topological polar surface area (TPSA) is 104 Å². The van der Waals surface area contributed by atoms with Crippen LogP contribution in [0.15, 0.2) is 48.7 Å². The number of pyridine rings is 1. The standard InChI is InChI=1S/C30H33N5O3/c36-30-25-8-5-21(15-27(25)38-12-10-31-30)28-26-14-22(16-32-29(26)35-34-28)20-2-1-18-3-6-23(7-4-19(18)13-20)33-24-9-11-37-17-24/h1-2,5,8,13-16,23-24,30-31,33,36H,3-4,6-7,9-12,17H2,(H,32,34,35)/t23?,24-,30?/m1/s1. The molecule has 3 atom stereocenters. The van der Waals surface area contributed by atoms with Gasteiger partial charge < -0.3 is 19.9 Å². The molecule has 4 N–H and O–H groups in total. The summed E-state index contributed by atoms with van der Waals surface area (Å²) in [6.45, 7) is 2.83. The molecule has 4 aromatic rings. The number of hydrogen-bond acceptors (Lipinski definition) is 7. The summed E-state index contributed by atoms with van der Waals surface area (Å²) in [6.07, 6.45) is 6.82. The van der Waals surface area contributed by atoms with Gasteiger partial charge >= 0.3 is 0 Å². The molecule has 0 spiro atoms. The van der Waals surface area contributed by atoms with E-state index in [2.05, 4.69) is 50.1 Å². The second-order valence-electron chi connectivity index (χ2n) is 10.6. The molecule has 0 amide bonds. The second kappa shape index (κ2) is 10.1. The molecule has 1 fully saturated rings. The van der Waals surface area contributed by atoms with Crippen LogP contribution in [0, 0.1) is 0 Å². The van der Waals surface area contributed by atoms with Crippen molar-refractivity contribution in [1.29, 1.82) is 0 Å². The minimum atomic E-state index is -0.732. The Morgan fingerprint density at radius 2 is 1.79 bits per heavy atom. The Kier molecular flexibility index (Phi) is 6.33. The van der Waals surface area contributed by atoms with Crippen LogP contribution in [0.2, 0.25) is 0 Å². The molecular formula is C30H33N5O3. The van der Waals surface area contributed by atoms with Gasteiger partial charge in [0.1, 0.15) is 18.6 Å². The third kappa shape index (κ3) is 4.58. The van der Waals surface area contributed by atoms with Crippen molar-refractivity contribution in [2.24, 2.45) is 0 Å². The van der Waals surface area contributed by atoms with Crippen molar-refractivity contribution in [2.45, 2.75) is 50.4 Å². The number of aliphatic hydroxyl groups is 1. The van der Waals surface area contributed by atoms with Crippen LogP contribution < -0.4 is 15.4 Å². The highest BCUT2D eigenvalue weighted by molar-refractivity contribution is 5.93. The zero-order chi connectivity index (χ0) is 25.5. The number of aryl methyl sites for hydroxylation is 2. The van der Waals surface area contributed by atoms with Crippen molar-refractivity contribution in [1.82, 2.24) is 25.8 Å². The van der Waals surface area contributed by atoms with E-state index in [1.165, 1.54) is 23.1 Å². The van der Waals surface area contributed by atoms with E-state index in [9.17, 15) is 5.11 Å². The highest BCUT2D eigenvalue weighted by Gasteiger charge is 2.23. The molecule has 196 valence electrons. The van der Waals surface area contributed by atoms with Gasteiger partial charge in [0.15, 0.2) is 5.65 Å². The van der Waals surface area contributed by atoms with Gasteiger partial charge in [-0.1, -0.05) is 30.3 Å². The Bertz CT molecular complexity index is 1460. The van der Waals surface area contributed by atoms with Gasteiger partial charge in [-0.2, -0.15) is 5.10 Å². The summed E-state index contributed by atoms with van der Waals surface area (Å²) in [7, 11) is 0. The van der Waals surface area contributed by atoms with E-state index < -0.39 is 6.23 Å². The fourth-order valence-electron chi connectivity index (χ4n) is 6.04. The smallest absolute Gasteiger partial charge is 0.181 e. The highest BCUT2D eigenvalue weighted by Crippen LogP contribution is 2.35. The Labute approximate surface area is 221 Å². The maximum atomic E-state index is 10.3. The number of rotatable bonds is 4. The summed E-state index contributed by atoms with van der Waals surface area (Å²) in [4.78, 5) is 4.67. The lowest BCUT2D eigenvalue weighted by molar-refractivity contribution is 0.143. The van der Waals surface area contributed by atoms with Crippen LogP contribution in [0.4, 0.5) is 0 Å². The van der Waals surface area contributed by atoms with Crippen molar-refractivity contribution in [3.05, 3.63) is 65.4 Å². The fraction of sp³-hybridized carbons (Fsp3) is 0.400. The van der Waals surface area contributed by atoms with Crippen LogP contribution in [0.3, 0.4) is 0 Å². The monoisotopic (exact) mass is 511 g/mol. The van der Waals surface area contributed by atoms with Gasteiger partial charge in [-0.15, -0.1) is 0 Å². The molecule has 4 heterocycles. The maximum Gasteiger partial charge on any atom is 0.181 e. The number of nitrogens with one attached hydrogen (secondary N) is 3. The van der Waals surface area contributed by atoms with Gasteiger partial charge in [-0.3, -0.25) is 10.4 Å². The predicted octanol–water partition coefficient (Wildman–Crippen LogP) is 3.89. The van der Waals surface area contributed by atoms with Crippen molar-refractivity contribution < 1.29 is 14.6 Å². The quantitative estimate of drug-likeness (QED) is 0.308. The third-order valence-corrected chi connectivity index (χ3v) is 8.17. The zero-order valence-corrected chi connectivity index (χ0v) is 21.4. The number of aliphatic hydroxyl groups excluding tert-OH is 1. The van der Waals surface area contributed by atoms with E-state index in [0.29, 0.717) is 36.6 Å².